The minimum atomic E-state index is -0.838. The molecule has 0 amide bonds. The lowest BCUT2D eigenvalue weighted by atomic mass is 10.1. The summed E-state index contributed by atoms with van der Waals surface area (Å²) in [5, 5.41) is 8.60. The van der Waals surface area contributed by atoms with Crippen LogP contribution in [0.25, 0.3) is 0 Å². The molecule has 0 aromatic heterocycles. The number of nitrogens with two attached hydrogens (primary N) is 1. The monoisotopic (exact) mass is 243 g/mol. The molecular weight excluding hydrogens is 234 g/mol. The molecule has 0 saturated carbocycles. The molecule has 0 spiro atoms. The highest BCUT2D eigenvalue weighted by atomic mass is 79.9. The summed E-state index contributed by atoms with van der Waals surface area (Å²) in [4.78, 5) is 10.5. The van der Waals surface area contributed by atoms with E-state index in [1.54, 1.807) is 6.07 Å². The maximum atomic E-state index is 10.5. The molecule has 3 N–H and O–H groups in total. The molecule has 3 nitrogen and oxygen atoms in total. The fourth-order valence-corrected chi connectivity index (χ4v) is 1.66. The number of hydrogen-bond donors (Lipinski definition) is 2. The molecule has 0 aliphatic carbocycles. The van der Waals surface area contributed by atoms with Crippen LogP contribution in [-0.2, 0) is 17.8 Å². The van der Waals surface area contributed by atoms with Gasteiger partial charge in [0.1, 0.15) is 0 Å². The number of aliphatic carboxylic acids is 1. The lowest BCUT2D eigenvalue weighted by Crippen LogP contribution is -2.04. The molecule has 0 bridgehead atoms. The van der Waals surface area contributed by atoms with Crippen LogP contribution in [0.3, 0.4) is 0 Å². The third kappa shape index (κ3) is 2.54. The van der Waals surface area contributed by atoms with Gasteiger partial charge in [0.2, 0.25) is 0 Å². The molecule has 0 saturated heterocycles. The van der Waals surface area contributed by atoms with E-state index in [9.17, 15) is 4.79 Å². The van der Waals surface area contributed by atoms with Gasteiger partial charge in [0.05, 0.1) is 6.42 Å². The van der Waals surface area contributed by atoms with Crippen LogP contribution in [-0.4, -0.2) is 11.1 Å². The number of halogens is 1. The van der Waals surface area contributed by atoms with E-state index < -0.39 is 5.97 Å². The van der Waals surface area contributed by atoms with Gasteiger partial charge in [0.25, 0.3) is 0 Å². The second-order valence-electron chi connectivity index (χ2n) is 2.66. The number of benzene rings is 1. The average molecular weight is 244 g/mol. The highest BCUT2D eigenvalue weighted by molar-refractivity contribution is 9.10. The first-order valence-electron chi connectivity index (χ1n) is 3.83. The van der Waals surface area contributed by atoms with Crippen molar-refractivity contribution in [2.24, 2.45) is 5.73 Å². The molecule has 13 heavy (non-hydrogen) atoms. The Morgan fingerprint density at radius 3 is 2.62 bits per heavy atom. The zero-order valence-corrected chi connectivity index (χ0v) is 8.54. The van der Waals surface area contributed by atoms with E-state index in [2.05, 4.69) is 15.9 Å². The van der Waals surface area contributed by atoms with Crippen molar-refractivity contribution in [2.75, 3.05) is 0 Å². The lowest BCUT2D eigenvalue weighted by Gasteiger charge is -2.05. The van der Waals surface area contributed by atoms with E-state index >= 15 is 0 Å². The smallest absolute Gasteiger partial charge is 0.307 e. The minimum Gasteiger partial charge on any atom is -0.481 e. The maximum Gasteiger partial charge on any atom is 0.307 e. The van der Waals surface area contributed by atoms with E-state index in [0.717, 1.165) is 15.6 Å². The van der Waals surface area contributed by atoms with Crippen LogP contribution >= 0.6 is 15.9 Å². The summed E-state index contributed by atoms with van der Waals surface area (Å²) in [6.07, 6.45) is 0.0222. The molecule has 1 aromatic rings. The fraction of sp³-hybridized carbons (Fsp3) is 0.222. The van der Waals surface area contributed by atoms with Gasteiger partial charge in [-0.05, 0) is 11.1 Å². The van der Waals surface area contributed by atoms with E-state index in [1.807, 2.05) is 12.1 Å². The lowest BCUT2D eigenvalue weighted by molar-refractivity contribution is -0.136. The molecule has 0 atom stereocenters. The van der Waals surface area contributed by atoms with Crippen molar-refractivity contribution < 1.29 is 9.90 Å². The van der Waals surface area contributed by atoms with Crippen LogP contribution in [0.1, 0.15) is 11.1 Å². The summed E-state index contributed by atoms with van der Waals surface area (Å²) in [5.41, 5.74) is 7.16. The molecule has 0 unspecified atom stereocenters. The normalized spacial score (nSPS) is 10.0. The van der Waals surface area contributed by atoms with Gasteiger partial charge in [0, 0.05) is 11.0 Å². The van der Waals surface area contributed by atoms with Crippen molar-refractivity contribution in [1.82, 2.24) is 0 Å². The first kappa shape index (κ1) is 10.2. The van der Waals surface area contributed by atoms with Gasteiger partial charge < -0.3 is 10.8 Å². The van der Waals surface area contributed by atoms with Crippen molar-refractivity contribution in [3.05, 3.63) is 33.8 Å². The average Bonchev–Trinajstić information content (AvgIpc) is 2.08. The van der Waals surface area contributed by atoms with Crippen molar-refractivity contribution >= 4 is 21.9 Å². The van der Waals surface area contributed by atoms with Gasteiger partial charge in [0.15, 0.2) is 0 Å². The summed E-state index contributed by atoms with van der Waals surface area (Å²) >= 11 is 3.33. The Bertz CT molecular complexity index is 325. The zero-order valence-electron chi connectivity index (χ0n) is 6.96. The van der Waals surface area contributed by atoms with E-state index in [1.165, 1.54) is 0 Å². The third-order valence-corrected chi connectivity index (χ3v) is 2.74. The van der Waals surface area contributed by atoms with Gasteiger partial charge >= 0.3 is 5.97 Å². The molecule has 0 heterocycles. The summed E-state index contributed by atoms with van der Waals surface area (Å²) in [6.45, 7) is 0.411. The van der Waals surface area contributed by atoms with Gasteiger partial charge in [-0.15, -0.1) is 0 Å². The van der Waals surface area contributed by atoms with E-state index in [-0.39, 0.29) is 6.42 Å². The predicted octanol–water partition coefficient (Wildman–Crippen LogP) is 1.53. The molecule has 70 valence electrons. The Labute approximate surface area is 84.7 Å². The highest BCUT2D eigenvalue weighted by Gasteiger charge is 2.07. The van der Waals surface area contributed by atoms with Gasteiger partial charge in [-0.1, -0.05) is 34.1 Å². The molecule has 0 radical (unpaired) electrons. The molecule has 0 fully saturated rings. The largest absolute Gasteiger partial charge is 0.481 e. The summed E-state index contributed by atoms with van der Waals surface area (Å²) in [7, 11) is 0. The maximum absolute atomic E-state index is 10.5. The van der Waals surface area contributed by atoms with Crippen molar-refractivity contribution in [2.45, 2.75) is 13.0 Å². The summed E-state index contributed by atoms with van der Waals surface area (Å²) in [6, 6.07) is 5.46. The Hall–Kier alpha value is -0.870. The summed E-state index contributed by atoms with van der Waals surface area (Å²) < 4.78 is 0.805. The van der Waals surface area contributed by atoms with Gasteiger partial charge in [-0.2, -0.15) is 0 Å². The molecule has 4 heteroatoms. The number of hydrogen-bond acceptors (Lipinski definition) is 2. The fourth-order valence-electron chi connectivity index (χ4n) is 1.09. The third-order valence-electron chi connectivity index (χ3n) is 1.72. The van der Waals surface area contributed by atoms with Crippen LogP contribution in [0.15, 0.2) is 22.7 Å². The first-order valence-corrected chi connectivity index (χ1v) is 4.62. The van der Waals surface area contributed by atoms with E-state index in [0.29, 0.717) is 6.54 Å². The summed E-state index contributed by atoms with van der Waals surface area (Å²) in [5.74, 6) is -0.838. The van der Waals surface area contributed by atoms with Crippen molar-refractivity contribution in [1.29, 1.82) is 0 Å². The first-order chi connectivity index (χ1) is 6.15. The van der Waals surface area contributed by atoms with Gasteiger partial charge in [-0.25, -0.2) is 0 Å². The number of rotatable bonds is 3. The Kier molecular flexibility index (Phi) is 3.45. The SMILES string of the molecule is NCc1cccc(CC(=O)O)c1Br. The quantitative estimate of drug-likeness (QED) is 0.847. The van der Waals surface area contributed by atoms with Crippen LogP contribution in [0.5, 0.6) is 0 Å². The topological polar surface area (TPSA) is 63.3 Å². The van der Waals surface area contributed by atoms with Crippen LogP contribution in [0.2, 0.25) is 0 Å². The Morgan fingerprint density at radius 2 is 2.08 bits per heavy atom. The number of carboxylic acids is 1. The van der Waals surface area contributed by atoms with Crippen molar-refractivity contribution in [3.63, 3.8) is 0 Å². The standard InChI is InChI=1S/C9H10BrNO2/c10-9-6(4-8(12)13)2-1-3-7(9)5-11/h1-3H,4-5,11H2,(H,12,13). The molecule has 1 rings (SSSR count). The van der Waals surface area contributed by atoms with Crippen LogP contribution in [0, 0.1) is 0 Å². The van der Waals surface area contributed by atoms with Gasteiger partial charge in [-0.3, -0.25) is 4.79 Å². The second-order valence-corrected chi connectivity index (χ2v) is 3.46. The highest BCUT2D eigenvalue weighted by Crippen LogP contribution is 2.21. The zero-order chi connectivity index (χ0) is 9.84. The van der Waals surface area contributed by atoms with E-state index in [4.69, 9.17) is 10.8 Å². The Morgan fingerprint density at radius 1 is 1.46 bits per heavy atom. The molecule has 1 aromatic carbocycles. The Balaban J connectivity index is 3.01. The molecule has 0 aliphatic rings. The van der Waals surface area contributed by atoms with Crippen LogP contribution in [0.4, 0.5) is 0 Å². The second kappa shape index (κ2) is 4.39. The predicted molar refractivity (Wildman–Crippen MR) is 53.4 cm³/mol. The number of carbonyl (C=O) groups is 1. The van der Waals surface area contributed by atoms with Crippen molar-refractivity contribution in [3.8, 4) is 0 Å². The minimum absolute atomic E-state index is 0.0222. The molecular formula is C9H10BrNO2. The number of carboxylic acid groups (broad SMARTS) is 1. The van der Waals surface area contributed by atoms with Crippen LogP contribution < -0.4 is 5.73 Å². The molecule has 0 aliphatic heterocycles.